The zero-order chi connectivity index (χ0) is 9.97. The first kappa shape index (κ1) is 9.52. The van der Waals surface area contributed by atoms with E-state index < -0.39 is 0 Å². The second kappa shape index (κ2) is 4.00. The standard InChI is InChI=1S/C9H12ClN3O/c10-7-5-12-9(11)13-8(7)14-6-3-1-2-4-6/h5-6H,1-4H2,(H2,11,12,13). The van der Waals surface area contributed by atoms with Crippen molar-refractivity contribution in [2.75, 3.05) is 5.73 Å². The van der Waals surface area contributed by atoms with Crippen molar-refractivity contribution < 1.29 is 4.74 Å². The van der Waals surface area contributed by atoms with Crippen LogP contribution in [0.2, 0.25) is 5.02 Å². The van der Waals surface area contributed by atoms with Crippen molar-refractivity contribution in [1.82, 2.24) is 9.97 Å². The highest BCUT2D eigenvalue weighted by atomic mass is 35.5. The molecule has 1 saturated carbocycles. The molecule has 0 saturated heterocycles. The molecule has 2 N–H and O–H groups in total. The average molecular weight is 214 g/mol. The minimum atomic E-state index is 0.197. The normalized spacial score (nSPS) is 17.2. The number of nitrogens with zero attached hydrogens (tertiary/aromatic N) is 2. The van der Waals surface area contributed by atoms with Crippen LogP contribution in [-0.4, -0.2) is 16.1 Å². The second-order valence-electron chi connectivity index (χ2n) is 3.41. The third-order valence-electron chi connectivity index (χ3n) is 2.31. The van der Waals surface area contributed by atoms with Crippen LogP contribution in [0, 0.1) is 0 Å². The minimum Gasteiger partial charge on any atom is -0.473 e. The van der Waals surface area contributed by atoms with E-state index in [-0.39, 0.29) is 12.1 Å². The first-order chi connectivity index (χ1) is 6.75. The molecule has 0 spiro atoms. The number of aromatic nitrogens is 2. The Hall–Kier alpha value is -1.03. The molecule has 0 radical (unpaired) electrons. The van der Waals surface area contributed by atoms with E-state index in [1.807, 2.05) is 0 Å². The van der Waals surface area contributed by atoms with Crippen molar-refractivity contribution in [3.63, 3.8) is 0 Å². The third-order valence-corrected chi connectivity index (χ3v) is 2.57. The summed E-state index contributed by atoms with van der Waals surface area (Å²) in [5, 5.41) is 0.422. The molecule has 2 rings (SSSR count). The van der Waals surface area contributed by atoms with Gasteiger partial charge in [-0.15, -0.1) is 0 Å². The van der Waals surface area contributed by atoms with Gasteiger partial charge in [0.15, 0.2) is 0 Å². The lowest BCUT2D eigenvalue weighted by Gasteiger charge is -2.12. The molecule has 0 bridgehead atoms. The highest BCUT2D eigenvalue weighted by Gasteiger charge is 2.18. The summed E-state index contributed by atoms with van der Waals surface area (Å²) < 4.78 is 5.62. The van der Waals surface area contributed by atoms with Gasteiger partial charge in [0.25, 0.3) is 0 Å². The van der Waals surface area contributed by atoms with E-state index in [1.165, 1.54) is 19.0 Å². The Balaban J connectivity index is 2.10. The smallest absolute Gasteiger partial charge is 0.237 e. The van der Waals surface area contributed by atoms with Gasteiger partial charge >= 0.3 is 0 Å². The van der Waals surface area contributed by atoms with Crippen LogP contribution in [0.15, 0.2) is 6.20 Å². The quantitative estimate of drug-likeness (QED) is 0.817. The Morgan fingerprint density at radius 1 is 1.43 bits per heavy atom. The molecule has 1 aliphatic carbocycles. The Labute approximate surface area is 87.4 Å². The van der Waals surface area contributed by atoms with Crippen LogP contribution in [0.5, 0.6) is 5.88 Å². The van der Waals surface area contributed by atoms with Crippen LogP contribution in [0.1, 0.15) is 25.7 Å². The Kier molecular flexibility index (Phi) is 2.72. The number of rotatable bonds is 2. The van der Waals surface area contributed by atoms with E-state index in [9.17, 15) is 0 Å². The average Bonchev–Trinajstić information content (AvgIpc) is 2.64. The van der Waals surface area contributed by atoms with Crippen molar-refractivity contribution in [2.24, 2.45) is 0 Å². The summed E-state index contributed by atoms with van der Waals surface area (Å²) >= 11 is 5.87. The number of nitrogen functional groups attached to an aromatic ring is 1. The highest BCUT2D eigenvalue weighted by Crippen LogP contribution is 2.27. The van der Waals surface area contributed by atoms with Gasteiger partial charge in [0.05, 0.1) is 6.20 Å². The highest BCUT2D eigenvalue weighted by molar-refractivity contribution is 6.31. The van der Waals surface area contributed by atoms with Gasteiger partial charge in [0, 0.05) is 0 Å². The lowest BCUT2D eigenvalue weighted by molar-refractivity contribution is 0.201. The molecule has 1 aliphatic rings. The molecule has 14 heavy (non-hydrogen) atoms. The topological polar surface area (TPSA) is 61.0 Å². The van der Waals surface area contributed by atoms with Crippen LogP contribution in [-0.2, 0) is 0 Å². The van der Waals surface area contributed by atoms with E-state index in [4.69, 9.17) is 22.1 Å². The summed E-state index contributed by atoms with van der Waals surface area (Å²) in [5.41, 5.74) is 5.44. The summed E-state index contributed by atoms with van der Waals surface area (Å²) in [6.45, 7) is 0. The lowest BCUT2D eigenvalue weighted by Crippen LogP contribution is -2.13. The molecule has 1 aromatic heterocycles. The maximum atomic E-state index is 5.87. The van der Waals surface area contributed by atoms with Gasteiger partial charge < -0.3 is 10.5 Å². The Morgan fingerprint density at radius 2 is 2.14 bits per heavy atom. The number of ether oxygens (including phenoxy) is 1. The molecule has 76 valence electrons. The summed E-state index contributed by atoms with van der Waals surface area (Å²) in [6, 6.07) is 0. The van der Waals surface area contributed by atoms with Gasteiger partial charge in [-0.2, -0.15) is 4.98 Å². The summed E-state index contributed by atoms with van der Waals surface area (Å²) in [4.78, 5) is 7.72. The van der Waals surface area contributed by atoms with E-state index in [1.54, 1.807) is 0 Å². The lowest BCUT2D eigenvalue weighted by atomic mass is 10.3. The molecule has 0 atom stereocenters. The largest absolute Gasteiger partial charge is 0.473 e. The zero-order valence-corrected chi connectivity index (χ0v) is 8.50. The van der Waals surface area contributed by atoms with Crippen molar-refractivity contribution >= 4 is 17.5 Å². The first-order valence-corrected chi connectivity index (χ1v) is 5.08. The number of hydrogen-bond donors (Lipinski definition) is 1. The number of halogens is 1. The Morgan fingerprint density at radius 3 is 2.86 bits per heavy atom. The molecular weight excluding hydrogens is 202 g/mol. The van der Waals surface area contributed by atoms with Crippen molar-refractivity contribution in [3.05, 3.63) is 11.2 Å². The predicted molar refractivity (Wildman–Crippen MR) is 54.3 cm³/mol. The minimum absolute atomic E-state index is 0.197. The molecule has 1 heterocycles. The molecule has 0 amide bonds. The van der Waals surface area contributed by atoms with E-state index >= 15 is 0 Å². The molecule has 0 unspecified atom stereocenters. The van der Waals surface area contributed by atoms with Crippen molar-refractivity contribution in [2.45, 2.75) is 31.8 Å². The van der Waals surface area contributed by atoms with E-state index in [0.717, 1.165) is 12.8 Å². The van der Waals surface area contributed by atoms with Crippen LogP contribution in [0.4, 0.5) is 5.95 Å². The number of anilines is 1. The zero-order valence-electron chi connectivity index (χ0n) is 7.74. The monoisotopic (exact) mass is 213 g/mol. The predicted octanol–water partition coefficient (Wildman–Crippen LogP) is 2.03. The SMILES string of the molecule is Nc1ncc(Cl)c(OC2CCCC2)n1. The van der Waals surface area contributed by atoms with Crippen LogP contribution < -0.4 is 10.5 Å². The van der Waals surface area contributed by atoms with Crippen molar-refractivity contribution in [1.29, 1.82) is 0 Å². The number of hydrogen-bond acceptors (Lipinski definition) is 4. The van der Waals surface area contributed by atoms with Crippen molar-refractivity contribution in [3.8, 4) is 5.88 Å². The first-order valence-electron chi connectivity index (χ1n) is 4.70. The number of nitrogens with two attached hydrogens (primary N) is 1. The van der Waals surface area contributed by atoms with Crippen LogP contribution >= 0.6 is 11.6 Å². The van der Waals surface area contributed by atoms with Gasteiger partial charge in [-0.3, -0.25) is 0 Å². The second-order valence-corrected chi connectivity index (χ2v) is 3.81. The third kappa shape index (κ3) is 2.07. The fraction of sp³-hybridized carbons (Fsp3) is 0.556. The van der Waals surface area contributed by atoms with Gasteiger partial charge in [-0.25, -0.2) is 4.98 Å². The Bertz CT molecular complexity index is 326. The maximum Gasteiger partial charge on any atom is 0.237 e. The van der Waals surface area contributed by atoms with Gasteiger partial charge in [0.2, 0.25) is 11.8 Å². The van der Waals surface area contributed by atoms with E-state index in [0.29, 0.717) is 10.9 Å². The molecule has 1 fully saturated rings. The van der Waals surface area contributed by atoms with Gasteiger partial charge in [-0.1, -0.05) is 11.6 Å². The van der Waals surface area contributed by atoms with Gasteiger partial charge in [0.1, 0.15) is 11.1 Å². The fourth-order valence-corrected chi connectivity index (χ4v) is 1.75. The summed E-state index contributed by atoms with van der Waals surface area (Å²) in [6.07, 6.45) is 6.27. The molecule has 1 aromatic rings. The van der Waals surface area contributed by atoms with Gasteiger partial charge in [-0.05, 0) is 25.7 Å². The molecule has 0 aliphatic heterocycles. The fourth-order valence-electron chi connectivity index (χ4n) is 1.61. The molecule has 4 nitrogen and oxygen atoms in total. The van der Waals surface area contributed by atoms with E-state index in [2.05, 4.69) is 9.97 Å². The molecule has 0 aromatic carbocycles. The van der Waals surface area contributed by atoms with Crippen LogP contribution in [0.25, 0.3) is 0 Å². The summed E-state index contributed by atoms with van der Waals surface area (Å²) in [7, 11) is 0. The molecular formula is C9H12ClN3O. The molecule has 5 heteroatoms. The summed E-state index contributed by atoms with van der Waals surface area (Å²) in [5.74, 6) is 0.605. The maximum absolute atomic E-state index is 5.87. The van der Waals surface area contributed by atoms with Crippen LogP contribution in [0.3, 0.4) is 0 Å².